The first-order chi connectivity index (χ1) is 15.9. The Morgan fingerprint density at radius 3 is 2.41 bits per heavy atom. The van der Waals surface area contributed by atoms with E-state index < -0.39 is 23.8 Å². The number of amides is 3. The average molecular weight is 472 g/mol. The van der Waals surface area contributed by atoms with Crippen LogP contribution in [0.2, 0.25) is 0 Å². The van der Waals surface area contributed by atoms with E-state index in [9.17, 15) is 14.4 Å². The molecule has 0 saturated heterocycles. The second-order valence-corrected chi connectivity index (χ2v) is 10.4. The maximum Gasteiger partial charge on any atom is 0.408 e. The molecule has 0 bridgehead atoms. The normalized spacial score (nSPS) is 19.9. The molecule has 2 rings (SSSR count). The van der Waals surface area contributed by atoms with Gasteiger partial charge in [0, 0.05) is 12.1 Å². The molecular formula is C27H41N3O4. The lowest BCUT2D eigenvalue weighted by molar-refractivity contribution is -0.143. The molecule has 1 aliphatic rings. The highest BCUT2D eigenvalue weighted by atomic mass is 16.6. The van der Waals surface area contributed by atoms with E-state index in [1.54, 1.807) is 38.7 Å². The maximum absolute atomic E-state index is 13.7. The molecular weight excluding hydrogens is 430 g/mol. The number of hydrogen-bond donors (Lipinski definition) is 2. The fourth-order valence-corrected chi connectivity index (χ4v) is 4.06. The summed E-state index contributed by atoms with van der Waals surface area (Å²) in [4.78, 5) is 41.3. The molecule has 188 valence electrons. The molecule has 7 nitrogen and oxygen atoms in total. The van der Waals surface area contributed by atoms with Crippen molar-refractivity contribution >= 4 is 24.0 Å². The van der Waals surface area contributed by atoms with Crippen molar-refractivity contribution in [2.75, 3.05) is 0 Å². The van der Waals surface area contributed by atoms with E-state index in [2.05, 4.69) is 31.1 Å². The Hall–Kier alpha value is -2.83. The van der Waals surface area contributed by atoms with Gasteiger partial charge in [-0.3, -0.25) is 9.59 Å². The Bertz CT molecular complexity index is 892. The highest BCUT2D eigenvalue weighted by molar-refractivity contribution is 5.92. The molecule has 1 aromatic rings. The van der Waals surface area contributed by atoms with Gasteiger partial charge >= 0.3 is 6.09 Å². The number of nitrogens with zero attached hydrogens (tertiary/aromatic N) is 1. The first-order valence-corrected chi connectivity index (χ1v) is 12.2. The molecule has 1 aromatic carbocycles. The predicted octanol–water partition coefficient (Wildman–Crippen LogP) is 4.83. The van der Waals surface area contributed by atoms with Crippen molar-refractivity contribution in [2.24, 2.45) is 5.92 Å². The molecule has 5 unspecified atom stereocenters. The molecule has 0 heterocycles. The molecule has 1 fully saturated rings. The Balaban J connectivity index is 2.41. The molecule has 2 N–H and O–H groups in total. The summed E-state index contributed by atoms with van der Waals surface area (Å²) in [5.74, 6) is -0.268. The molecule has 1 aliphatic carbocycles. The number of alkyl carbamates (subject to hydrolysis) is 1. The van der Waals surface area contributed by atoms with Crippen LogP contribution in [0.15, 0.2) is 30.8 Å². The van der Waals surface area contributed by atoms with Gasteiger partial charge in [-0.05, 0) is 70.6 Å². The zero-order chi connectivity index (χ0) is 25.6. The molecule has 5 atom stereocenters. The van der Waals surface area contributed by atoms with Crippen LogP contribution in [0.3, 0.4) is 0 Å². The van der Waals surface area contributed by atoms with E-state index in [4.69, 9.17) is 4.74 Å². The highest BCUT2D eigenvalue weighted by Gasteiger charge is 2.47. The molecule has 0 radical (unpaired) electrons. The van der Waals surface area contributed by atoms with Gasteiger partial charge < -0.3 is 20.3 Å². The summed E-state index contributed by atoms with van der Waals surface area (Å²) in [7, 11) is 0. The van der Waals surface area contributed by atoms with Crippen LogP contribution in [0.5, 0.6) is 0 Å². The number of nitrogens with one attached hydrogen (secondary N) is 2. The van der Waals surface area contributed by atoms with Crippen molar-refractivity contribution in [1.29, 1.82) is 0 Å². The number of ether oxygens (including phenoxy) is 1. The summed E-state index contributed by atoms with van der Waals surface area (Å²) in [5, 5.41) is 5.73. The number of hydrogen-bond acceptors (Lipinski definition) is 4. The summed E-state index contributed by atoms with van der Waals surface area (Å²) in [6.45, 7) is 16.9. The second kappa shape index (κ2) is 11.5. The Labute approximate surface area is 204 Å². The quantitative estimate of drug-likeness (QED) is 0.512. The minimum Gasteiger partial charge on any atom is -0.444 e. The smallest absolute Gasteiger partial charge is 0.408 e. The van der Waals surface area contributed by atoms with Crippen LogP contribution in [0.25, 0.3) is 6.08 Å². The predicted molar refractivity (Wildman–Crippen MR) is 135 cm³/mol. The third-order valence-corrected chi connectivity index (χ3v) is 5.88. The molecule has 0 aromatic heterocycles. The molecule has 0 aliphatic heterocycles. The number of benzene rings is 1. The molecule has 0 spiro atoms. The molecule has 7 heteroatoms. The topological polar surface area (TPSA) is 87.7 Å². The minimum absolute atomic E-state index is 0.0199. The number of carbonyl (C=O) groups excluding carboxylic acids is 3. The fraction of sp³-hybridized carbons (Fsp3) is 0.593. The van der Waals surface area contributed by atoms with E-state index in [0.717, 1.165) is 30.4 Å². The van der Waals surface area contributed by atoms with Gasteiger partial charge in [-0.15, -0.1) is 0 Å². The zero-order valence-corrected chi connectivity index (χ0v) is 21.7. The van der Waals surface area contributed by atoms with Gasteiger partial charge in [-0.1, -0.05) is 51.1 Å². The van der Waals surface area contributed by atoms with Gasteiger partial charge in [-0.25, -0.2) is 4.79 Å². The zero-order valence-electron chi connectivity index (χ0n) is 21.7. The highest BCUT2D eigenvalue weighted by Crippen LogP contribution is 2.41. The van der Waals surface area contributed by atoms with E-state index in [1.165, 1.54) is 0 Å². The fourth-order valence-electron chi connectivity index (χ4n) is 4.06. The van der Waals surface area contributed by atoms with Gasteiger partial charge in [0.15, 0.2) is 0 Å². The van der Waals surface area contributed by atoms with Crippen molar-refractivity contribution in [2.45, 2.75) is 97.5 Å². The maximum atomic E-state index is 13.7. The van der Waals surface area contributed by atoms with Crippen LogP contribution in [-0.4, -0.2) is 46.5 Å². The van der Waals surface area contributed by atoms with E-state index in [-0.39, 0.29) is 29.8 Å². The molecule has 1 saturated carbocycles. The Kier molecular flexibility index (Phi) is 9.30. The first-order valence-electron chi connectivity index (χ1n) is 12.2. The summed E-state index contributed by atoms with van der Waals surface area (Å²) in [6.07, 6.45) is 3.65. The lowest BCUT2D eigenvalue weighted by Crippen LogP contribution is -2.53. The van der Waals surface area contributed by atoms with Crippen LogP contribution in [-0.2, 0) is 14.3 Å². The summed E-state index contributed by atoms with van der Waals surface area (Å²) >= 11 is 0. The van der Waals surface area contributed by atoms with Crippen LogP contribution in [0.1, 0.15) is 84.9 Å². The standard InChI is InChI=1S/C27H41N3O4/c1-9-12-18(4)28-24(31)23(21-14-11-13-20(10-2)16-21)30(22-15-17(22)3)25(32)19(5)29-26(33)34-27(6,7)8/h10-11,13-14,16-19,22-23H,2,9,12,15H2,1,3-8H3,(H,28,31)(H,29,33). The van der Waals surface area contributed by atoms with Gasteiger partial charge in [0.1, 0.15) is 17.7 Å². The van der Waals surface area contributed by atoms with E-state index in [0.29, 0.717) is 0 Å². The molecule has 3 amide bonds. The van der Waals surface area contributed by atoms with Crippen LogP contribution >= 0.6 is 0 Å². The van der Waals surface area contributed by atoms with Crippen molar-refractivity contribution in [3.63, 3.8) is 0 Å². The lowest BCUT2D eigenvalue weighted by atomic mass is 9.99. The van der Waals surface area contributed by atoms with E-state index >= 15 is 0 Å². The van der Waals surface area contributed by atoms with E-state index in [1.807, 2.05) is 31.2 Å². The molecule has 34 heavy (non-hydrogen) atoms. The van der Waals surface area contributed by atoms with Crippen molar-refractivity contribution in [3.05, 3.63) is 42.0 Å². The Morgan fingerprint density at radius 1 is 1.24 bits per heavy atom. The van der Waals surface area contributed by atoms with Crippen LogP contribution < -0.4 is 10.6 Å². The third kappa shape index (κ3) is 7.61. The lowest BCUT2D eigenvalue weighted by Gasteiger charge is -2.35. The average Bonchev–Trinajstić information content (AvgIpc) is 3.45. The summed E-state index contributed by atoms with van der Waals surface area (Å²) < 4.78 is 5.33. The monoisotopic (exact) mass is 471 g/mol. The summed E-state index contributed by atoms with van der Waals surface area (Å²) in [6, 6.07) is 5.75. The Morgan fingerprint density at radius 2 is 1.88 bits per heavy atom. The van der Waals surface area contributed by atoms with Crippen molar-refractivity contribution in [1.82, 2.24) is 15.5 Å². The minimum atomic E-state index is -0.853. The van der Waals surface area contributed by atoms with Gasteiger partial charge in [0.25, 0.3) is 0 Å². The van der Waals surface area contributed by atoms with Crippen molar-refractivity contribution in [3.8, 4) is 0 Å². The second-order valence-electron chi connectivity index (χ2n) is 10.4. The van der Waals surface area contributed by atoms with Gasteiger partial charge in [-0.2, -0.15) is 0 Å². The van der Waals surface area contributed by atoms with Crippen LogP contribution in [0, 0.1) is 5.92 Å². The number of carbonyl (C=O) groups is 3. The first kappa shape index (κ1) is 27.4. The number of rotatable bonds is 10. The van der Waals surface area contributed by atoms with Crippen LogP contribution in [0.4, 0.5) is 4.79 Å². The SMILES string of the molecule is C=Cc1cccc(C(C(=O)NC(C)CCC)N(C(=O)C(C)NC(=O)OC(C)(C)C)C2CC2C)c1. The van der Waals surface area contributed by atoms with Gasteiger partial charge in [0.2, 0.25) is 11.8 Å². The largest absolute Gasteiger partial charge is 0.444 e. The third-order valence-electron chi connectivity index (χ3n) is 5.88. The van der Waals surface area contributed by atoms with Crippen molar-refractivity contribution < 1.29 is 19.1 Å². The summed E-state index contributed by atoms with van der Waals surface area (Å²) in [5.41, 5.74) is 0.907. The van der Waals surface area contributed by atoms with Gasteiger partial charge in [0.05, 0.1) is 0 Å².